The number of methoxy groups -OCH3 is 2. The van der Waals surface area contributed by atoms with Crippen LogP contribution in [0.25, 0.3) is 0 Å². The summed E-state index contributed by atoms with van der Waals surface area (Å²) in [4.78, 5) is 0. The van der Waals surface area contributed by atoms with Crippen LogP contribution < -0.4 is 14.8 Å². The van der Waals surface area contributed by atoms with Gasteiger partial charge in [0, 0.05) is 12.6 Å². The number of aryl methyl sites for hydroxylation is 1. The molecule has 0 aromatic heterocycles. The van der Waals surface area contributed by atoms with Gasteiger partial charge >= 0.3 is 0 Å². The molecule has 2 aromatic rings. The summed E-state index contributed by atoms with van der Waals surface area (Å²) in [5, 5.41) is 13.6. The van der Waals surface area contributed by atoms with Crippen molar-refractivity contribution in [2.75, 3.05) is 14.2 Å². The maximum absolute atomic E-state index is 9.99. The van der Waals surface area contributed by atoms with E-state index in [1.165, 1.54) is 17.5 Å². The fourth-order valence-corrected chi connectivity index (χ4v) is 3.26. The van der Waals surface area contributed by atoms with Crippen LogP contribution in [0.2, 0.25) is 0 Å². The van der Waals surface area contributed by atoms with Crippen molar-refractivity contribution >= 4 is 0 Å². The van der Waals surface area contributed by atoms with E-state index in [-0.39, 0.29) is 5.75 Å². The average Bonchev–Trinajstić information content (AvgIpc) is 2.60. The number of nitrogens with one attached hydrogen (secondary N) is 1. The molecule has 0 amide bonds. The Bertz CT molecular complexity index is 659. The van der Waals surface area contributed by atoms with Crippen molar-refractivity contribution in [2.45, 2.75) is 31.8 Å². The lowest BCUT2D eigenvalue weighted by atomic mass is 9.87. The summed E-state index contributed by atoms with van der Waals surface area (Å²) in [5.74, 6) is 0.914. The van der Waals surface area contributed by atoms with Gasteiger partial charge in [-0.3, -0.25) is 0 Å². The molecule has 1 aliphatic carbocycles. The van der Waals surface area contributed by atoms with Crippen LogP contribution in [0.5, 0.6) is 17.2 Å². The Kier molecular flexibility index (Phi) is 4.72. The van der Waals surface area contributed by atoms with Gasteiger partial charge in [0.2, 0.25) is 5.75 Å². The predicted octanol–water partition coefficient (Wildman–Crippen LogP) is 3.58. The molecule has 0 fully saturated rings. The fourth-order valence-electron chi connectivity index (χ4n) is 3.26. The van der Waals surface area contributed by atoms with Crippen molar-refractivity contribution in [1.29, 1.82) is 0 Å². The number of ether oxygens (including phenoxy) is 2. The van der Waals surface area contributed by atoms with Crippen LogP contribution in [-0.2, 0) is 13.0 Å². The van der Waals surface area contributed by atoms with Gasteiger partial charge in [0.05, 0.1) is 14.2 Å². The Hall–Kier alpha value is -2.20. The van der Waals surface area contributed by atoms with Crippen LogP contribution in [0.1, 0.15) is 35.6 Å². The zero-order valence-electron chi connectivity index (χ0n) is 13.6. The molecule has 1 atom stereocenters. The molecular formula is C19H23NO3. The Labute approximate surface area is 137 Å². The summed E-state index contributed by atoms with van der Waals surface area (Å²) >= 11 is 0. The quantitative estimate of drug-likeness (QED) is 0.886. The third-order valence-corrected chi connectivity index (χ3v) is 4.46. The summed E-state index contributed by atoms with van der Waals surface area (Å²) < 4.78 is 10.4. The maximum Gasteiger partial charge on any atom is 0.200 e. The van der Waals surface area contributed by atoms with E-state index in [1.54, 1.807) is 14.2 Å². The number of phenolic OH excluding ortho intramolecular Hbond substituents is 1. The second-order valence-electron chi connectivity index (χ2n) is 5.87. The lowest BCUT2D eigenvalue weighted by Crippen LogP contribution is -2.24. The smallest absolute Gasteiger partial charge is 0.200 e. The maximum atomic E-state index is 9.99. The van der Waals surface area contributed by atoms with E-state index in [1.807, 2.05) is 12.1 Å². The molecule has 2 aromatic carbocycles. The number of rotatable bonds is 5. The Balaban J connectivity index is 1.77. The number of hydrogen-bond donors (Lipinski definition) is 2. The second kappa shape index (κ2) is 6.92. The van der Waals surface area contributed by atoms with Crippen LogP contribution in [-0.4, -0.2) is 19.3 Å². The first-order valence-electron chi connectivity index (χ1n) is 7.98. The Morgan fingerprint density at radius 3 is 2.52 bits per heavy atom. The van der Waals surface area contributed by atoms with E-state index in [4.69, 9.17) is 9.47 Å². The molecule has 4 heteroatoms. The minimum absolute atomic E-state index is 0.0433. The second-order valence-corrected chi connectivity index (χ2v) is 5.87. The summed E-state index contributed by atoms with van der Waals surface area (Å²) in [6.07, 6.45) is 3.51. The van der Waals surface area contributed by atoms with Crippen molar-refractivity contribution in [2.24, 2.45) is 0 Å². The van der Waals surface area contributed by atoms with Gasteiger partial charge in [-0.05, 0) is 48.1 Å². The Morgan fingerprint density at radius 1 is 1.13 bits per heavy atom. The monoisotopic (exact) mass is 313 g/mol. The number of aromatic hydroxyl groups is 1. The zero-order chi connectivity index (χ0) is 16.2. The molecule has 2 N–H and O–H groups in total. The van der Waals surface area contributed by atoms with Crippen LogP contribution >= 0.6 is 0 Å². The largest absolute Gasteiger partial charge is 0.502 e. The lowest BCUT2D eigenvalue weighted by molar-refractivity contribution is 0.338. The molecule has 0 radical (unpaired) electrons. The van der Waals surface area contributed by atoms with Crippen molar-refractivity contribution in [3.63, 3.8) is 0 Å². The summed E-state index contributed by atoms with van der Waals surface area (Å²) in [7, 11) is 3.09. The van der Waals surface area contributed by atoms with Gasteiger partial charge < -0.3 is 19.9 Å². The first-order valence-corrected chi connectivity index (χ1v) is 7.98. The number of hydrogen-bond acceptors (Lipinski definition) is 4. The molecule has 0 aliphatic heterocycles. The topological polar surface area (TPSA) is 50.7 Å². The van der Waals surface area contributed by atoms with Gasteiger partial charge in [-0.2, -0.15) is 0 Å². The Morgan fingerprint density at radius 2 is 1.83 bits per heavy atom. The third-order valence-electron chi connectivity index (χ3n) is 4.46. The molecule has 4 nitrogen and oxygen atoms in total. The molecule has 0 saturated carbocycles. The number of fused-ring (bicyclic) bond motifs is 1. The van der Waals surface area contributed by atoms with Crippen LogP contribution in [0.4, 0.5) is 0 Å². The van der Waals surface area contributed by atoms with Crippen molar-refractivity contribution < 1.29 is 14.6 Å². The van der Waals surface area contributed by atoms with Crippen molar-refractivity contribution in [1.82, 2.24) is 5.32 Å². The summed E-state index contributed by atoms with van der Waals surface area (Å²) in [5.41, 5.74) is 3.87. The fraction of sp³-hybridized carbons (Fsp3) is 0.368. The van der Waals surface area contributed by atoms with Gasteiger partial charge in [0.15, 0.2) is 11.5 Å². The minimum Gasteiger partial charge on any atom is -0.502 e. The molecule has 3 rings (SSSR count). The van der Waals surface area contributed by atoms with E-state index >= 15 is 0 Å². The SMILES string of the molecule is COc1cc(CN[C@H]2CCCc3ccccc32)cc(OC)c1O. The van der Waals surface area contributed by atoms with E-state index in [0.29, 0.717) is 24.1 Å². The average molecular weight is 313 g/mol. The highest BCUT2D eigenvalue weighted by atomic mass is 16.5. The predicted molar refractivity (Wildman–Crippen MR) is 90.2 cm³/mol. The van der Waals surface area contributed by atoms with Gasteiger partial charge in [-0.1, -0.05) is 24.3 Å². The molecule has 23 heavy (non-hydrogen) atoms. The van der Waals surface area contributed by atoms with E-state index in [2.05, 4.69) is 29.6 Å². The first-order chi connectivity index (χ1) is 11.2. The molecule has 0 bridgehead atoms. The van der Waals surface area contributed by atoms with Crippen LogP contribution in [0.15, 0.2) is 36.4 Å². The van der Waals surface area contributed by atoms with Crippen LogP contribution in [0.3, 0.4) is 0 Å². The third kappa shape index (κ3) is 3.27. The van der Waals surface area contributed by atoms with Crippen molar-refractivity contribution in [3.8, 4) is 17.2 Å². The lowest BCUT2D eigenvalue weighted by Gasteiger charge is -2.26. The highest BCUT2D eigenvalue weighted by Crippen LogP contribution is 2.37. The van der Waals surface area contributed by atoms with Gasteiger partial charge in [-0.25, -0.2) is 0 Å². The molecule has 0 heterocycles. The summed E-state index contributed by atoms with van der Waals surface area (Å²) in [6, 6.07) is 12.7. The minimum atomic E-state index is 0.0433. The molecular weight excluding hydrogens is 290 g/mol. The van der Waals surface area contributed by atoms with E-state index < -0.39 is 0 Å². The van der Waals surface area contributed by atoms with Gasteiger partial charge in [0.25, 0.3) is 0 Å². The first kappa shape index (κ1) is 15.7. The number of benzene rings is 2. The zero-order valence-corrected chi connectivity index (χ0v) is 13.6. The molecule has 0 saturated heterocycles. The van der Waals surface area contributed by atoms with E-state index in [0.717, 1.165) is 18.4 Å². The molecule has 0 unspecified atom stereocenters. The van der Waals surface area contributed by atoms with Crippen LogP contribution in [0, 0.1) is 0 Å². The number of phenols is 1. The van der Waals surface area contributed by atoms with Crippen molar-refractivity contribution in [3.05, 3.63) is 53.1 Å². The normalized spacial score (nSPS) is 16.7. The highest BCUT2D eigenvalue weighted by Gasteiger charge is 2.19. The van der Waals surface area contributed by atoms with Gasteiger partial charge in [-0.15, -0.1) is 0 Å². The molecule has 122 valence electrons. The summed E-state index contributed by atoms with van der Waals surface area (Å²) in [6.45, 7) is 0.700. The molecule has 1 aliphatic rings. The highest BCUT2D eigenvalue weighted by molar-refractivity contribution is 5.52. The standard InChI is InChI=1S/C19H23NO3/c1-22-17-10-13(11-18(23-2)19(17)21)12-20-16-9-5-7-14-6-3-4-8-15(14)16/h3-4,6,8,10-11,16,20-21H,5,7,9,12H2,1-2H3/t16-/m0/s1. The molecule has 0 spiro atoms. The van der Waals surface area contributed by atoms with E-state index in [9.17, 15) is 5.11 Å². The van der Waals surface area contributed by atoms with Gasteiger partial charge in [0.1, 0.15) is 0 Å².